The minimum atomic E-state index is 0.0811. The normalized spacial score (nSPS) is 13.3. The Morgan fingerprint density at radius 3 is 2.45 bits per heavy atom. The highest BCUT2D eigenvalue weighted by atomic mass is 16.3. The van der Waals surface area contributed by atoms with E-state index in [9.17, 15) is 5.11 Å². The van der Waals surface area contributed by atoms with Gasteiger partial charge >= 0.3 is 0 Å². The number of aliphatic hydroxyl groups is 1. The summed E-state index contributed by atoms with van der Waals surface area (Å²) in [4.78, 5) is 0. The topological polar surface area (TPSA) is 20.2 Å². The zero-order valence-corrected chi connectivity index (χ0v) is 12.9. The second-order valence-corrected chi connectivity index (χ2v) is 4.73. The molecule has 0 atom stereocenters. The van der Waals surface area contributed by atoms with E-state index in [1.54, 1.807) is 6.08 Å². The van der Waals surface area contributed by atoms with Crippen LogP contribution in [0.1, 0.15) is 39.5 Å². The van der Waals surface area contributed by atoms with Crippen molar-refractivity contribution in [2.24, 2.45) is 0 Å². The van der Waals surface area contributed by atoms with Gasteiger partial charge in [-0.1, -0.05) is 81.0 Å². The van der Waals surface area contributed by atoms with Gasteiger partial charge in [-0.3, -0.25) is 0 Å². The van der Waals surface area contributed by atoms with E-state index in [0.29, 0.717) is 0 Å². The van der Waals surface area contributed by atoms with E-state index in [1.165, 1.54) is 12.0 Å². The molecule has 0 aromatic carbocycles. The Balaban J connectivity index is 4.56. The number of rotatable bonds is 10. The lowest BCUT2D eigenvalue weighted by atomic mass is 10.0. The van der Waals surface area contributed by atoms with Gasteiger partial charge < -0.3 is 5.11 Å². The van der Waals surface area contributed by atoms with Gasteiger partial charge in [-0.25, -0.2) is 0 Å². The number of unbranched alkanes of at least 4 members (excludes halogenated alkanes) is 2. The van der Waals surface area contributed by atoms with E-state index >= 15 is 0 Å². The van der Waals surface area contributed by atoms with Crippen LogP contribution in [-0.2, 0) is 0 Å². The largest absolute Gasteiger partial charge is 0.392 e. The Hall–Kier alpha value is -1.60. The highest BCUT2D eigenvalue weighted by molar-refractivity contribution is 5.34. The smallest absolute Gasteiger partial charge is 0.0678 e. The maximum Gasteiger partial charge on any atom is 0.0678 e. The molecule has 20 heavy (non-hydrogen) atoms. The third-order valence-corrected chi connectivity index (χ3v) is 2.82. The SMILES string of the molecule is C=C/C=C(\C=C/C)CC(=C)/C=C\C(=C/CCCC)CO. The molecule has 0 bridgehead atoms. The van der Waals surface area contributed by atoms with Crippen LogP contribution in [0.2, 0.25) is 0 Å². The van der Waals surface area contributed by atoms with Gasteiger partial charge in [0.05, 0.1) is 6.61 Å². The molecule has 0 amide bonds. The van der Waals surface area contributed by atoms with Crippen LogP contribution in [0.15, 0.2) is 72.4 Å². The van der Waals surface area contributed by atoms with Gasteiger partial charge in [0.25, 0.3) is 0 Å². The Morgan fingerprint density at radius 1 is 1.15 bits per heavy atom. The molecule has 0 radical (unpaired) electrons. The summed E-state index contributed by atoms with van der Waals surface area (Å²) < 4.78 is 0. The molecule has 110 valence electrons. The fourth-order valence-electron chi connectivity index (χ4n) is 1.76. The average molecular weight is 272 g/mol. The van der Waals surface area contributed by atoms with Crippen molar-refractivity contribution in [3.05, 3.63) is 72.4 Å². The second-order valence-electron chi connectivity index (χ2n) is 4.73. The van der Waals surface area contributed by atoms with Crippen LogP contribution >= 0.6 is 0 Å². The summed E-state index contributed by atoms with van der Waals surface area (Å²) in [6.07, 6.45) is 18.0. The number of hydrogen-bond acceptors (Lipinski definition) is 1. The van der Waals surface area contributed by atoms with Crippen LogP contribution < -0.4 is 0 Å². The van der Waals surface area contributed by atoms with Gasteiger partial charge in [-0.05, 0) is 30.9 Å². The molecule has 0 spiro atoms. The zero-order valence-electron chi connectivity index (χ0n) is 12.9. The Morgan fingerprint density at radius 2 is 1.90 bits per heavy atom. The van der Waals surface area contributed by atoms with Gasteiger partial charge in [0.15, 0.2) is 0 Å². The van der Waals surface area contributed by atoms with Crippen molar-refractivity contribution in [1.82, 2.24) is 0 Å². The van der Waals surface area contributed by atoms with Gasteiger partial charge in [-0.2, -0.15) is 0 Å². The van der Waals surface area contributed by atoms with Gasteiger partial charge in [0.1, 0.15) is 0 Å². The van der Waals surface area contributed by atoms with E-state index < -0.39 is 0 Å². The summed E-state index contributed by atoms with van der Waals surface area (Å²) in [5, 5.41) is 9.30. The van der Waals surface area contributed by atoms with Gasteiger partial charge in [0, 0.05) is 0 Å². The first kappa shape index (κ1) is 18.4. The van der Waals surface area contributed by atoms with E-state index in [-0.39, 0.29) is 6.61 Å². The van der Waals surface area contributed by atoms with Crippen LogP contribution in [0.25, 0.3) is 0 Å². The molecule has 0 rings (SSSR count). The lowest BCUT2D eigenvalue weighted by Gasteiger charge is -2.02. The number of aliphatic hydroxyl groups excluding tert-OH is 1. The molecule has 0 aliphatic rings. The summed E-state index contributed by atoms with van der Waals surface area (Å²) in [6.45, 7) is 12.0. The first-order valence-corrected chi connectivity index (χ1v) is 7.27. The Bertz CT molecular complexity index is 405. The molecular formula is C19H28O. The molecule has 1 nitrogen and oxygen atoms in total. The van der Waals surface area contributed by atoms with E-state index in [4.69, 9.17) is 0 Å². The Kier molecular flexibility index (Phi) is 11.4. The van der Waals surface area contributed by atoms with Crippen molar-refractivity contribution in [2.75, 3.05) is 6.61 Å². The fourth-order valence-corrected chi connectivity index (χ4v) is 1.76. The quantitative estimate of drug-likeness (QED) is 0.423. The predicted octanol–water partition coefficient (Wildman–Crippen LogP) is 5.29. The van der Waals surface area contributed by atoms with Crippen molar-refractivity contribution >= 4 is 0 Å². The van der Waals surface area contributed by atoms with Crippen LogP contribution in [0.3, 0.4) is 0 Å². The monoisotopic (exact) mass is 272 g/mol. The first-order chi connectivity index (χ1) is 9.67. The lowest BCUT2D eigenvalue weighted by Crippen LogP contribution is -1.88. The standard InChI is InChI=1S/C19H28O/c1-5-8-9-12-19(16-20)14-13-17(4)15-18(10-6-2)11-7-3/h6-7,10-14,20H,2,4-5,8-9,15-16H2,1,3H3/b11-7-,14-13-,18-10+,19-12+. The average Bonchev–Trinajstić information content (AvgIpc) is 2.43. The molecule has 0 heterocycles. The second kappa shape index (κ2) is 12.4. The third-order valence-electron chi connectivity index (χ3n) is 2.82. The van der Waals surface area contributed by atoms with Crippen LogP contribution in [0.4, 0.5) is 0 Å². The predicted molar refractivity (Wildman–Crippen MR) is 90.7 cm³/mol. The Labute approximate surface area is 124 Å². The molecule has 0 saturated heterocycles. The lowest BCUT2D eigenvalue weighted by molar-refractivity contribution is 0.334. The highest BCUT2D eigenvalue weighted by Crippen LogP contribution is 2.13. The van der Waals surface area contributed by atoms with Crippen molar-refractivity contribution in [2.45, 2.75) is 39.5 Å². The minimum Gasteiger partial charge on any atom is -0.392 e. The summed E-state index contributed by atoms with van der Waals surface area (Å²) in [5.41, 5.74) is 3.16. The van der Waals surface area contributed by atoms with E-state index in [0.717, 1.165) is 30.4 Å². The maximum absolute atomic E-state index is 9.30. The number of allylic oxidation sites excluding steroid dienone is 8. The molecule has 0 aromatic rings. The summed E-state index contributed by atoms with van der Waals surface area (Å²) in [6, 6.07) is 0. The third kappa shape index (κ3) is 9.35. The summed E-state index contributed by atoms with van der Waals surface area (Å²) >= 11 is 0. The summed E-state index contributed by atoms with van der Waals surface area (Å²) in [7, 11) is 0. The molecule has 0 unspecified atom stereocenters. The molecule has 0 fully saturated rings. The van der Waals surface area contributed by atoms with Crippen molar-refractivity contribution in [1.29, 1.82) is 0 Å². The van der Waals surface area contributed by atoms with Crippen LogP contribution in [-0.4, -0.2) is 11.7 Å². The van der Waals surface area contributed by atoms with Gasteiger partial charge in [-0.15, -0.1) is 0 Å². The van der Waals surface area contributed by atoms with Crippen LogP contribution in [0, 0.1) is 0 Å². The molecule has 1 heteroatoms. The zero-order chi connectivity index (χ0) is 15.2. The number of hydrogen-bond donors (Lipinski definition) is 1. The highest BCUT2D eigenvalue weighted by Gasteiger charge is 1.95. The van der Waals surface area contributed by atoms with E-state index in [2.05, 4.69) is 32.2 Å². The van der Waals surface area contributed by atoms with Crippen LogP contribution in [0.5, 0.6) is 0 Å². The molecule has 1 N–H and O–H groups in total. The first-order valence-electron chi connectivity index (χ1n) is 7.27. The minimum absolute atomic E-state index is 0.0811. The molecule has 0 saturated carbocycles. The summed E-state index contributed by atoms with van der Waals surface area (Å²) in [5.74, 6) is 0. The molecule has 0 aromatic heterocycles. The maximum atomic E-state index is 9.30. The molecular weight excluding hydrogens is 244 g/mol. The van der Waals surface area contributed by atoms with Crippen molar-refractivity contribution < 1.29 is 5.11 Å². The van der Waals surface area contributed by atoms with Gasteiger partial charge in [0.2, 0.25) is 0 Å². The fraction of sp³-hybridized carbons (Fsp3) is 0.368. The van der Waals surface area contributed by atoms with Crippen molar-refractivity contribution in [3.63, 3.8) is 0 Å². The molecule has 0 aliphatic heterocycles. The van der Waals surface area contributed by atoms with E-state index in [1.807, 2.05) is 31.2 Å². The van der Waals surface area contributed by atoms with Crippen molar-refractivity contribution in [3.8, 4) is 0 Å². The molecule has 0 aliphatic carbocycles.